The number of anilines is 1. The van der Waals surface area contributed by atoms with E-state index in [0.717, 1.165) is 17.7 Å². The summed E-state index contributed by atoms with van der Waals surface area (Å²) in [6.45, 7) is 5.76. The van der Waals surface area contributed by atoms with Gasteiger partial charge in [-0.3, -0.25) is 19.7 Å². The number of para-hydroxylation sites is 1. The van der Waals surface area contributed by atoms with Gasteiger partial charge in [-0.1, -0.05) is 32.0 Å². The lowest BCUT2D eigenvalue weighted by molar-refractivity contribution is -0.158. The van der Waals surface area contributed by atoms with Crippen LogP contribution in [0.5, 0.6) is 0 Å². The number of hydrogen-bond acceptors (Lipinski definition) is 5. The van der Waals surface area contributed by atoms with E-state index in [1.807, 2.05) is 24.3 Å². The van der Waals surface area contributed by atoms with Gasteiger partial charge in [0.1, 0.15) is 0 Å². The van der Waals surface area contributed by atoms with Gasteiger partial charge in [0, 0.05) is 25.7 Å². The van der Waals surface area contributed by atoms with Crippen LogP contribution < -0.4 is 15.5 Å². The molecule has 0 aromatic heterocycles. The first-order chi connectivity index (χ1) is 13.3. The maximum absolute atomic E-state index is 12.5. The Morgan fingerprint density at radius 2 is 1.93 bits per heavy atom. The van der Waals surface area contributed by atoms with Crippen LogP contribution in [0.2, 0.25) is 0 Å². The zero-order valence-corrected chi connectivity index (χ0v) is 16.7. The van der Waals surface area contributed by atoms with E-state index in [0.29, 0.717) is 0 Å². The van der Waals surface area contributed by atoms with E-state index in [4.69, 9.17) is 4.74 Å². The number of ether oxygens (including phenoxy) is 1. The molecule has 3 atom stereocenters. The Bertz CT molecular complexity index is 764. The highest BCUT2D eigenvalue weighted by Gasteiger charge is 2.38. The maximum Gasteiger partial charge on any atom is 0.321 e. The van der Waals surface area contributed by atoms with Crippen LogP contribution in [-0.2, 0) is 19.1 Å². The Morgan fingerprint density at radius 1 is 1.25 bits per heavy atom. The molecule has 1 fully saturated rings. The zero-order valence-electron chi connectivity index (χ0n) is 16.7. The molecule has 0 unspecified atom stereocenters. The molecule has 0 bridgehead atoms. The molecule has 1 aliphatic rings. The smallest absolute Gasteiger partial charge is 0.321 e. The summed E-state index contributed by atoms with van der Waals surface area (Å²) in [6.07, 6.45) is -0.179. The predicted octanol–water partition coefficient (Wildman–Crippen LogP) is 1.94. The summed E-state index contributed by atoms with van der Waals surface area (Å²) in [5.41, 5.74) is 1.87. The first-order valence-corrected chi connectivity index (χ1v) is 9.40. The molecule has 1 aromatic carbocycles. The van der Waals surface area contributed by atoms with Crippen LogP contribution in [0.4, 0.5) is 10.5 Å². The second-order valence-corrected chi connectivity index (χ2v) is 6.92. The average molecular weight is 389 g/mol. The Hall–Kier alpha value is -2.90. The van der Waals surface area contributed by atoms with Crippen molar-refractivity contribution in [1.29, 1.82) is 0 Å². The van der Waals surface area contributed by atoms with Crippen molar-refractivity contribution in [2.45, 2.75) is 45.6 Å². The number of rotatable bonds is 6. The van der Waals surface area contributed by atoms with Crippen molar-refractivity contribution in [1.82, 2.24) is 10.6 Å². The second kappa shape index (κ2) is 9.34. The molecule has 1 aromatic rings. The van der Waals surface area contributed by atoms with Crippen molar-refractivity contribution in [2.75, 3.05) is 18.5 Å². The number of imide groups is 1. The average Bonchev–Trinajstić information content (AvgIpc) is 3.08. The SMILES string of the molecule is CC[C@H](C)c1ccccc1N1C[C@@H](C(=O)O[C@@H](C)C(=O)NC(=O)NC)CC1=O. The Kier molecular flexibility index (Phi) is 7.14. The fraction of sp³-hybridized carbons (Fsp3) is 0.500. The highest BCUT2D eigenvalue weighted by atomic mass is 16.5. The molecule has 0 spiro atoms. The highest BCUT2D eigenvalue weighted by molar-refractivity contribution is 6.01. The van der Waals surface area contributed by atoms with Gasteiger partial charge in [-0.15, -0.1) is 0 Å². The molecular formula is C20H27N3O5. The summed E-state index contributed by atoms with van der Waals surface area (Å²) < 4.78 is 5.16. The number of urea groups is 1. The molecule has 2 N–H and O–H groups in total. The van der Waals surface area contributed by atoms with Crippen molar-refractivity contribution in [3.05, 3.63) is 29.8 Å². The van der Waals surface area contributed by atoms with Gasteiger partial charge >= 0.3 is 12.0 Å². The predicted molar refractivity (Wildman–Crippen MR) is 104 cm³/mol. The zero-order chi connectivity index (χ0) is 20.8. The standard InChI is InChI=1S/C20H27N3O5/c1-5-12(2)15-8-6-7-9-16(15)23-11-14(10-17(23)24)19(26)28-13(3)18(25)22-20(27)21-4/h6-9,12-14H,5,10-11H2,1-4H3,(H2,21,22,25,27)/t12-,13-,14-/m0/s1. The van der Waals surface area contributed by atoms with E-state index < -0.39 is 29.9 Å². The van der Waals surface area contributed by atoms with Gasteiger partial charge in [-0.25, -0.2) is 4.79 Å². The number of hydrogen-bond donors (Lipinski definition) is 2. The van der Waals surface area contributed by atoms with Gasteiger partial charge in [0.2, 0.25) is 5.91 Å². The van der Waals surface area contributed by atoms with Crippen LogP contribution in [0, 0.1) is 5.92 Å². The number of nitrogens with zero attached hydrogens (tertiary/aromatic N) is 1. The van der Waals surface area contributed by atoms with E-state index in [1.54, 1.807) is 4.90 Å². The van der Waals surface area contributed by atoms with E-state index in [9.17, 15) is 19.2 Å². The fourth-order valence-corrected chi connectivity index (χ4v) is 3.07. The van der Waals surface area contributed by atoms with Gasteiger partial charge in [-0.2, -0.15) is 0 Å². The monoisotopic (exact) mass is 389 g/mol. The Labute approximate surface area is 164 Å². The van der Waals surface area contributed by atoms with E-state index in [-0.39, 0.29) is 24.8 Å². The molecule has 0 saturated carbocycles. The summed E-state index contributed by atoms with van der Waals surface area (Å²) in [5.74, 6) is -1.89. The Morgan fingerprint density at radius 3 is 2.57 bits per heavy atom. The van der Waals surface area contributed by atoms with Crippen LogP contribution in [0.3, 0.4) is 0 Å². The molecule has 1 heterocycles. The topological polar surface area (TPSA) is 105 Å². The minimum absolute atomic E-state index is 0.0253. The summed E-state index contributed by atoms with van der Waals surface area (Å²) in [7, 11) is 1.37. The molecule has 2 rings (SSSR count). The normalized spacial score (nSPS) is 18.4. The molecule has 0 aliphatic carbocycles. The number of carbonyl (C=O) groups excluding carboxylic acids is 4. The van der Waals surface area contributed by atoms with Gasteiger partial charge in [0.25, 0.3) is 5.91 Å². The third kappa shape index (κ3) is 4.88. The number of amides is 4. The van der Waals surface area contributed by atoms with Gasteiger partial charge in [0.15, 0.2) is 6.10 Å². The lowest BCUT2D eigenvalue weighted by atomic mass is 9.96. The molecule has 0 radical (unpaired) electrons. The van der Waals surface area contributed by atoms with Crippen molar-refractivity contribution >= 4 is 29.5 Å². The third-order valence-corrected chi connectivity index (χ3v) is 4.96. The minimum Gasteiger partial charge on any atom is -0.452 e. The second-order valence-electron chi connectivity index (χ2n) is 6.92. The van der Waals surface area contributed by atoms with E-state index in [1.165, 1.54) is 14.0 Å². The lowest BCUT2D eigenvalue weighted by Crippen LogP contribution is -2.44. The summed E-state index contributed by atoms with van der Waals surface area (Å²) in [6, 6.07) is 6.99. The van der Waals surface area contributed by atoms with E-state index in [2.05, 4.69) is 24.5 Å². The third-order valence-electron chi connectivity index (χ3n) is 4.96. The molecule has 8 nitrogen and oxygen atoms in total. The van der Waals surface area contributed by atoms with Crippen molar-refractivity contribution < 1.29 is 23.9 Å². The van der Waals surface area contributed by atoms with Gasteiger partial charge in [0.05, 0.1) is 5.92 Å². The van der Waals surface area contributed by atoms with Crippen LogP contribution >= 0.6 is 0 Å². The molecule has 152 valence electrons. The Balaban J connectivity index is 2.06. The van der Waals surface area contributed by atoms with Crippen molar-refractivity contribution in [3.63, 3.8) is 0 Å². The largest absolute Gasteiger partial charge is 0.452 e. The number of nitrogens with one attached hydrogen (secondary N) is 2. The van der Waals surface area contributed by atoms with Crippen LogP contribution in [-0.4, -0.2) is 43.5 Å². The van der Waals surface area contributed by atoms with Crippen LogP contribution in [0.25, 0.3) is 0 Å². The molecule has 1 saturated heterocycles. The van der Waals surface area contributed by atoms with E-state index >= 15 is 0 Å². The number of esters is 1. The first-order valence-electron chi connectivity index (χ1n) is 9.40. The summed E-state index contributed by atoms with van der Waals surface area (Å²) >= 11 is 0. The summed E-state index contributed by atoms with van der Waals surface area (Å²) in [5, 5.41) is 4.30. The molecule has 1 aliphatic heterocycles. The number of benzene rings is 1. The first kappa shape index (κ1) is 21.4. The minimum atomic E-state index is -1.14. The van der Waals surface area contributed by atoms with Gasteiger partial charge in [-0.05, 0) is 30.9 Å². The van der Waals surface area contributed by atoms with Crippen molar-refractivity contribution in [2.24, 2.45) is 5.92 Å². The number of carbonyl (C=O) groups is 4. The van der Waals surface area contributed by atoms with Crippen LogP contribution in [0.15, 0.2) is 24.3 Å². The summed E-state index contributed by atoms with van der Waals surface area (Å²) in [4.78, 5) is 49.6. The molecular weight excluding hydrogens is 362 g/mol. The highest BCUT2D eigenvalue weighted by Crippen LogP contribution is 2.33. The van der Waals surface area contributed by atoms with Crippen molar-refractivity contribution in [3.8, 4) is 0 Å². The van der Waals surface area contributed by atoms with Gasteiger partial charge < -0.3 is 15.0 Å². The van der Waals surface area contributed by atoms with Crippen LogP contribution in [0.1, 0.15) is 45.1 Å². The fourth-order valence-electron chi connectivity index (χ4n) is 3.07. The maximum atomic E-state index is 12.5. The molecule has 28 heavy (non-hydrogen) atoms. The molecule has 8 heteroatoms. The quantitative estimate of drug-likeness (QED) is 0.724. The lowest BCUT2D eigenvalue weighted by Gasteiger charge is -2.23. The molecule has 4 amide bonds.